The predicted molar refractivity (Wildman–Crippen MR) is 61.8 cm³/mol. The van der Waals surface area contributed by atoms with E-state index in [2.05, 4.69) is 36.9 Å². The van der Waals surface area contributed by atoms with Gasteiger partial charge in [0.25, 0.3) is 0 Å². The van der Waals surface area contributed by atoms with Crippen LogP contribution in [0.3, 0.4) is 0 Å². The molecule has 16 heavy (non-hydrogen) atoms. The Bertz CT molecular complexity index is 405. The molecule has 6 heteroatoms. The minimum Gasteiger partial charge on any atom is -0.379 e. The molecule has 1 aliphatic heterocycles. The van der Waals surface area contributed by atoms with E-state index in [1.807, 2.05) is 6.92 Å². The predicted octanol–water partition coefficient (Wildman–Crippen LogP) is 1.38. The van der Waals surface area contributed by atoms with Crippen LogP contribution in [0.25, 0.3) is 0 Å². The van der Waals surface area contributed by atoms with E-state index in [4.69, 9.17) is 4.74 Å². The zero-order chi connectivity index (χ0) is 11.5. The highest BCUT2D eigenvalue weighted by Gasteiger charge is 2.25. The molecular weight excluding hydrogens is 272 g/mol. The number of hydrogen-bond acceptors (Lipinski definition) is 4. The van der Waals surface area contributed by atoms with Crippen molar-refractivity contribution in [3.8, 4) is 6.07 Å². The Labute approximate surface area is 103 Å². The minimum atomic E-state index is -0.278. The molecule has 2 heterocycles. The summed E-state index contributed by atoms with van der Waals surface area (Å²) in [4.78, 5) is 9.45. The highest BCUT2D eigenvalue weighted by molar-refractivity contribution is 9.10. The molecule has 1 aliphatic rings. The summed E-state index contributed by atoms with van der Waals surface area (Å²) in [7, 11) is 0. The van der Waals surface area contributed by atoms with Crippen molar-refractivity contribution in [3.63, 3.8) is 0 Å². The Balaban J connectivity index is 2.22. The van der Waals surface area contributed by atoms with Crippen LogP contribution in [-0.2, 0) is 4.74 Å². The van der Waals surface area contributed by atoms with E-state index >= 15 is 0 Å². The number of aromatic nitrogens is 2. The summed E-state index contributed by atoms with van der Waals surface area (Å²) < 4.78 is 6.00. The Morgan fingerprint density at radius 3 is 2.75 bits per heavy atom. The number of rotatable bonds is 2. The van der Waals surface area contributed by atoms with Crippen LogP contribution in [0.4, 0.5) is 0 Å². The maximum atomic E-state index is 9.26. The lowest BCUT2D eigenvalue weighted by atomic mass is 10.2. The van der Waals surface area contributed by atoms with Gasteiger partial charge in [-0.05, 0) is 22.9 Å². The molecule has 2 rings (SSSR count). The zero-order valence-corrected chi connectivity index (χ0v) is 10.6. The summed E-state index contributed by atoms with van der Waals surface area (Å²) in [5.74, 6) is 0.815. The van der Waals surface area contributed by atoms with Crippen LogP contribution in [0.2, 0.25) is 0 Å². The summed E-state index contributed by atoms with van der Waals surface area (Å²) in [5.41, 5.74) is 0.835. The molecule has 0 bridgehead atoms. The lowest BCUT2D eigenvalue weighted by molar-refractivity contribution is 0.0259. The first-order chi connectivity index (χ1) is 7.72. The van der Waals surface area contributed by atoms with Gasteiger partial charge in [0.15, 0.2) is 0 Å². The second-order valence-electron chi connectivity index (χ2n) is 3.71. The number of aromatic amines is 1. The summed E-state index contributed by atoms with van der Waals surface area (Å²) in [6, 6.07) is 2.03. The van der Waals surface area contributed by atoms with Crippen molar-refractivity contribution in [2.75, 3.05) is 26.3 Å². The van der Waals surface area contributed by atoms with Crippen molar-refractivity contribution in [1.29, 1.82) is 5.26 Å². The normalized spacial score (nSPS) is 19.3. The first kappa shape index (κ1) is 11.6. The van der Waals surface area contributed by atoms with Crippen LogP contribution >= 0.6 is 15.9 Å². The molecule has 0 spiro atoms. The summed E-state index contributed by atoms with van der Waals surface area (Å²) >= 11 is 3.37. The standard InChI is InChI=1S/C10H13BrN4O/c1-7-13-9(10(11)14-7)8(6-12)15-2-4-16-5-3-15/h8H,2-5H2,1H3,(H,13,14). The Kier molecular flexibility index (Phi) is 3.59. The number of hydrogen-bond donors (Lipinski definition) is 1. The molecule has 1 saturated heterocycles. The summed E-state index contributed by atoms with van der Waals surface area (Å²) in [5, 5.41) is 9.26. The number of halogens is 1. The molecule has 0 aromatic carbocycles. The van der Waals surface area contributed by atoms with Gasteiger partial charge in [-0.15, -0.1) is 0 Å². The number of H-pyrrole nitrogens is 1. The van der Waals surface area contributed by atoms with Gasteiger partial charge >= 0.3 is 0 Å². The van der Waals surface area contributed by atoms with E-state index in [0.29, 0.717) is 13.2 Å². The highest BCUT2D eigenvalue weighted by Crippen LogP contribution is 2.25. The monoisotopic (exact) mass is 284 g/mol. The van der Waals surface area contributed by atoms with Gasteiger partial charge in [-0.25, -0.2) is 4.98 Å². The van der Waals surface area contributed by atoms with Gasteiger partial charge in [0, 0.05) is 13.1 Å². The third-order valence-corrected chi connectivity index (χ3v) is 3.21. The van der Waals surface area contributed by atoms with E-state index in [-0.39, 0.29) is 6.04 Å². The first-order valence-electron chi connectivity index (χ1n) is 5.16. The van der Waals surface area contributed by atoms with Crippen LogP contribution in [-0.4, -0.2) is 41.2 Å². The molecule has 5 nitrogen and oxygen atoms in total. The van der Waals surface area contributed by atoms with Gasteiger partial charge in [-0.3, -0.25) is 4.90 Å². The lowest BCUT2D eigenvalue weighted by Crippen LogP contribution is -2.38. The van der Waals surface area contributed by atoms with E-state index in [1.54, 1.807) is 0 Å². The van der Waals surface area contributed by atoms with Gasteiger partial charge in [0.1, 0.15) is 16.5 Å². The Morgan fingerprint density at radius 1 is 1.56 bits per heavy atom. The van der Waals surface area contributed by atoms with Crippen molar-refractivity contribution in [2.24, 2.45) is 0 Å². The topological polar surface area (TPSA) is 64.9 Å². The van der Waals surface area contributed by atoms with Crippen molar-refractivity contribution in [2.45, 2.75) is 13.0 Å². The lowest BCUT2D eigenvalue weighted by Gasteiger charge is -2.29. The van der Waals surface area contributed by atoms with Gasteiger partial charge in [0.05, 0.1) is 25.0 Å². The molecule has 1 N–H and O–H groups in total. The Hall–Kier alpha value is -0.900. The molecule has 0 amide bonds. The van der Waals surface area contributed by atoms with Crippen molar-refractivity contribution in [1.82, 2.24) is 14.9 Å². The van der Waals surface area contributed by atoms with Crippen LogP contribution in [0.1, 0.15) is 17.6 Å². The number of morpholine rings is 1. The fourth-order valence-corrected chi connectivity index (χ4v) is 2.41. The SMILES string of the molecule is Cc1nc(Br)c(C(C#N)N2CCOCC2)[nH]1. The molecule has 1 atom stereocenters. The van der Waals surface area contributed by atoms with Crippen molar-refractivity contribution in [3.05, 3.63) is 16.1 Å². The molecule has 0 saturated carbocycles. The average Bonchev–Trinajstić information content (AvgIpc) is 2.61. The maximum Gasteiger partial charge on any atom is 0.141 e. The summed E-state index contributed by atoms with van der Waals surface area (Å²) in [6.45, 7) is 4.80. The van der Waals surface area contributed by atoms with Gasteiger partial charge in [-0.2, -0.15) is 5.26 Å². The largest absolute Gasteiger partial charge is 0.379 e. The van der Waals surface area contributed by atoms with Crippen LogP contribution in [0, 0.1) is 18.3 Å². The molecule has 1 fully saturated rings. The fourth-order valence-electron chi connectivity index (χ4n) is 1.83. The second-order valence-corrected chi connectivity index (χ2v) is 4.46. The first-order valence-corrected chi connectivity index (χ1v) is 5.95. The maximum absolute atomic E-state index is 9.26. The number of ether oxygens (including phenoxy) is 1. The van der Waals surface area contributed by atoms with Crippen LogP contribution < -0.4 is 0 Å². The second kappa shape index (κ2) is 4.95. The van der Waals surface area contributed by atoms with E-state index < -0.39 is 0 Å². The third-order valence-electron chi connectivity index (χ3n) is 2.61. The molecule has 1 aromatic heterocycles. The van der Waals surface area contributed by atoms with E-state index in [1.165, 1.54) is 0 Å². The van der Waals surface area contributed by atoms with Crippen molar-refractivity contribution >= 4 is 15.9 Å². The average molecular weight is 285 g/mol. The van der Waals surface area contributed by atoms with Crippen LogP contribution in [0.15, 0.2) is 4.60 Å². The van der Waals surface area contributed by atoms with Crippen LogP contribution in [0.5, 0.6) is 0 Å². The minimum absolute atomic E-state index is 0.278. The van der Waals surface area contributed by atoms with Crippen molar-refractivity contribution < 1.29 is 4.74 Å². The van der Waals surface area contributed by atoms with E-state index in [0.717, 1.165) is 29.2 Å². The van der Waals surface area contributed by atoms with Gasteiger partial charge < -0.3 is 9.72 Å². The molecule has 0 aliphatic carbocycles. The fraction of sp³-hybridized carbons (Fsp3) is 0.600. The smallest absolute Gasteiger partial charge is 0.141 e. The highest BCUT2D eigenvalue weighted by atomic mass is 79.9. The summed E-state index contributed by atoms with van der Waals surface area (Å²) in [6.07, 6.45) is 0. The zero-order valence-electron chi connectivity index (χ0n) is 9.03. The number of nitrogens with zero attached hydrogens (tertiary/aromatic N) is 3. The number of aryl methyl sites for hydroxylation is 1. The molecule has 86 valence electrons. The number of imidazole rings is 1. The number of nitriles is 1. The Morgan fingerprint density at radius 2 is 2.25 bits per heavy atom. The molecular formula is C10H13BrN4O. The van der Waals surface area contributed by atoms with Gasteiger partial charge in [0.2, 0.25) is 0 Å². The number of nitrogens with one attached hydrogen (secondary N) is 1. The quantitative estimate of drug-likeness (QED) is 0.891. The molecule has 1 unspecified atom stereocenters. The third kappa shape index (κ3) is 2.26. The van der Waals surface area contributed by atoms with Gasteiger partial charge in [-0.1, -0.05) is 0 Å². The van der Waals surface area contributed by atoms with E-state index in [9.17, 15) is 5.26 Å². The molecule has 0 radical (unpaired) electrons. The molecule has 1 aromatic rings.